The molecule has 0 unspecified atom stereocenters. The van der Waals surface area contributed by atoms with Crippen LogP contribution in [-0.4, -0.2) is 39.9 Å². The van der Waals surface area contributed by atoms with Gasteiger partial charge in [-0.1, -0.05) is 30.5 Å². The van der Waals surface area contributed by atoms with Gasteiger partial charge in [-0.15, -0.1) is 34.2 Å². The summed E-state index contributed by atoms with van der Waals surface area (Å²) in [6.07, 6.45) is 4.96. The standard InChI is InChI=1S/C20H30N6O.HI/c1-15-8-10-18(11-9-15)27-13-12-21-20(23-17-6-4-5-7-17)22-14-19-25-24-16(2)26(19)3;/h8-11,17H,4-7,12-14H2,1-3H3,(H2,21,22,23);1H. The van der Waals surface area contributed by atoms with Crippen molar-refractivity contribution >= 4 is 29.9 Å². The fourth-order valence-electron chi connectivity index (χ4n) is 3.13. The second kappa shape index (κ2) is 11.2. The minimum absolute atomic E-state index is 0. The van der Waals surface area contributed by atoms with E-state index in [2.05, 4.69) is 39.9 Å². The second-order valence-electron chi connectivity index (χ2n) is 7.10. The largest absolute Gasteiger partial charge is 0.492 e. The first-order chi connectivity index (χ1) is 13.1. The number of aromatic nitrogens is 3. The summed E-state index contributed by atoms with van der Waals surface area (Å²) >= 11 is 0. The predicted octanol–water partition coefficient (Wildman–Crippen LogP) is 3.11. The molecule has 0 aliphatic heterocycles. The van der Waals surface area contributed by atoms with Crippen LogP contribution >= 0.6 is 24.0 Å². The van der Waals surface area contributed by atoms with E-state index in [0.717, 1.165) is 23.4 Å². The molecule has 0 spiro atoms. The van der Waals surface area contributed by atoms with Gasteiger partial charge >= 0.3 is 0 Å². The van der Waals surface area contributed by atoms with Crippen LogP contribution in [0.3, 0.4) is 0 Å². The van der Waals surface area contributed by atoms with Crippen molar-refractivity contribution < 1.29 is 4.74 Å². The van der Waals surface area contributed by atoms with Gasteiger partial charge in [-0.2, -0.15) is 0 Å². The van der Waals surface area contributed by atoms with Gasteiger partial charge in [-0.05, 0) is 38.8 Å². The average Bonchev–Trinajstić information content (AvgIpc) is 3.29. The van der Waals surface area contributed by atoms with E-state index < -0.39 is 0 Å². The number of benzene rings is 1. The number of rotatable bonds is 7. The smallest absolute Gasteiger partial charge is 0.192 e. The highest BCUT2D eigenvalue weighted by Crippen LogP contribution is 2.17. The van der Waals surface area contributed by atoms with Crippen LogP contribution in [0.5, 0.6) is 5.75 Å². The molecule has 1 aliphatic carbocycles. The molecule has 2 aromatic rings. The molecule has 1 heterocycles. The third-order valence-electron chi connectivity index (χ3n) is 4.94. The summed E-state index contributed by atoms with van der Waals surface area (Å²) in [5.74, 6) is 3.45. The van der Waals surface area contributed by atoms with E-state index in [1.807, 2.05) is 30.7 Å². The number of nitrogens with zero attached hydrogens (tertiary/aromatic N) is 4. The Balaban J connectivity index is 0.00000280. The topological polar surface area (TPSA) is 76.4 Å². The summed E-state index contributed by atoms with van der Waals surface area (Å²) in [5.41, 5.74) is 1.23. The van der Waals surface area contributed by atoms with Gasteiger partial charge in [0.1, 0.15) is 24.7 Å². The molecule has 28 heavy (non-hydrogen) atoms. The number of aryl methyl sites for hydroxylation is 2. The number of aliphatic imine (C=N–C) groups is 1. The Hall–Kier alpha value is -1.84. The summed E-state index contributed by atoms with van der Waals surface area (Å²) in [5, 5.41) is 15.2. The van der Waals surface area contributed by atoms with Crippen molar-refractivity contribution in [3.8, 4) is 5.75 Å². The van der Waals surface area contributed by atoms with Crippen molar-refractivity contribution in [2.24, 2.45) is 12.0 Å². The highest BCUT2D eigenvalue weighted by Gasteiger charge is 2.16. The first-order valence-corrected chi connectivity index (χ1v) is 9.71. The Morgan fingerprint density at radius 2 is 1.89 bits per heavy atom. The van der Waals surface area contributed by atoms with Crippen molar-refractivity contribution in [3.05, 3.63) is 41.5 Å². The Kier molecular flexibility index (Phi) is 9.01. The molecule has 0 bridgehead atoms. The number of nitrogens with one attached hydrogen (secondary N) is 2. The molecule has 1 aromatic heterocycles. The van der Waals surface area contributed by atoms with Crippen molar-refractivity contribution in [3.63, 3.8) is 0 Å². The molecule has 2 N–H and O–H groups in total. The third-order valence-corrected chi connectivity index (χ3v) is 4.94. The molecule has 3 rings (SSSR count). The van der Waals surface area contributed by atoms with Crippen LogP contribution in [0.1, 0.15) is 42.9 Å². The van der Waals surface area contributed by atoms with Gasteiger partial charge < -0.3 is 19.9 Å². The maximum absolute atomic E-state index is 5.79. The number of guanidine groups is 1. The summed E-state index contributed by atoms with van der Waals surface area (Å²) in [6.45, 7) is 5.78. The van der Waals surface area contributed by atoms with Gasteiger partial charge in [0.15, 0.2) is 11.8 Å². The summed E-state index contributed by atoms with van der Waals surface area (Å²) in [4.78, 5) is 4.70. The fourth-order valence-corrected chi connectivity index (χ4v) is 3.13. The van der Waals surface area contributed by atoms with Crippen LogP contribution in [0.15, 0.2) is 29.3 Å². The molecule has 1 aliphatic rings. The highest BCUT2D eigenvalue weighted by molar-refractivity contribution is 14.0. The van der Waals surface area contributed by atoms with Crippen molar-refractivity contribution in [1.82, 2.24) is 25.4 Å². The summed E-state index contributed by atoms with van der Waals surface area (Å²) in [6, 6.07) is 8.60. The third kappa shape index (κ3) is 6.65. The van der Waals surface area contributed by atoms with E-state index in [-0.39, 0.29) is 24.0 Å². The molecule has 1 saturated carbocycles. The molecule has 7 nitrogen and oxygen atoms in total. The molecule has 0 atom stereocenters. The monoisotopic (exact) mass is 498 g/mol. The van der Waals surface area contributed by atoms with Crippen LogP contribution in [0.2, 0.25) is 0 Å². The lowest BCUT2D eigenvalue weighted by Crippen LogP contribution is -2.43. The van der Waals surface area contributed by atoms with Crippen LogP contribution < -0.4 is 15.4 Å². The summed E-state index contributed by atoms with van der Waals surface area (Å²) in [7, 11) is 1.97. The van der Waals surface area contributed by atoms with Crippen LogP contribution in [-0.2, 0) is 13.6 Å². The molecular weight excluding hydrogens is 467 g/mol. The molecule has 1 aromatic carbocycles. The Bertz CT molecular complexity index is 753. The lowest BCUT2D eigenvalue weighted by molar-refractivity contribution is 0.321. The number of halogens is 1. The van der Waals surface area contributed by atoms with Crippen LogP contribution in [0, 0.1) is 13.8 Å². The Morgan fingerprint density at radius 3 is 2.54 bits per heavy atom. The van der Waals surface area contributed by atoms with E-state index in [0.29, 0.717) is 25.7 Å². The Labute approximate surface area is 184 Å². The maximum atomic E-state index is 5.79. The average molecular weight is 498 g/mol. The van der Waals surface area contributed by atoms with Gasteiger partial charge in [-0.3, -0.25) is 0 Å². The first kappa shape index (κ1) is 22.4. The van der Waals surface area contributed by atoms with Gasteiger partial charge in [0, 0.05) is 13.1 Å². The first-order valence-electron chi connectivity index (χ1n) is 9.71. The predicted molar refractivity (Wildman–Crippen MR) is 122 cm³/mol. The van der Waals surface area contributed by atoms with E-state index in [1.54, 1.807) is 0 Å². The van der Waals surface area contributed by atoms with Gasteiger partial charge in [-0.25, -0.2) is 4.99 Å². The van der Waals surface area contributed by atoms with E-state index in [1.165, 1.54) is 31.2 Å². The molecular formula is C20H31IN6O. The number of hydrogen-bond acceptors (Lipinski definition) is 4. The van der Waals surface area contributed by atoms with E-state index in [4.69, 9.17) is 9.73 Å². The maximum Gasteiger partial charge on any atom is 0.192 e. The van der Waals surface area contributed by atoms with E-state index in [9.17, 15) is 0 Å². The summed E-state index contributed by atoms with van der Waals surface area (Å²) < 4.78 is 7.76. The zero-order valence-corrected chi connectivity index (χ0v) is 19.3. The number of ether oxygens (including phenoxy) is 1. The molecule has 0 radical (unpaired) electrons. The van der Waals surface area contributed by atoms with Crippen LogP contribution in [0.4, 0.5) is 0 Å². The molecule has 1 fully saturated rings. The Morgan fingerprint density at radius 1 is 1.18 bits per heavy atom. The van der Waals surface area contributed by atoms with Crippen LogP contribution in [0.25, 0.3) is 0 Å². The lowest BCUT2D eigenvalue weighted by Gasteiger charge is -2.17. The zero-order chi connectivity index (χ0) is 19.1. The van der Waals surface area contributed by atoms with Crippen molar-refractivity contribution in [2.45, 2.75) is 52.1 Å². The van der Waals surface area contributed by atoms with E-state index >= 15 is 0 Å². The molecule has 154 valence electrons. The fraction of sp³-hybridized carbons (Fsp3) is 0.550. The van der Waals surface area contributed by atoms with Gasteiger partial charge in [0.25, 0.3) is 0 Å². The molecule has 0 saturated heterocycles. The molecule has 0 amide bonds. The van der Waals surface area contributed by atoms with Gasteiger partial charge in [0.05, 0.1) is 6.54 Å². The quantitative estimate of drug-likeness (QED) is 0.266. The minimum Gasteiger partial charge on any atom is -0.492 e. The minimum atomic E-state index is 0. The second-order valence-corrected chi connectivity index (χ2v) is 7.10. The number of hydrogen-bond donors (Lipinski definition) is 2. The lowest BCUT2D eigenvalue weighted by atomic mass is 10.2. The zero-order valence-electron chi connectivity index (χ0n) is 16.9. The normalized spacial score (nSPS) is 14.6. The highest BCUT2D eigenvalue weighted by atomic mass is 127. The SMILES string of the molecule is Cc1ccc(OCCNC(=NCc2nnc(C)n2C)NC2CCCC2)cc1.I. The molecule has 8 heteroatoms. The van der Waals surface area contributed by atoms with Gasteiger partial charge in [0.2, 0.25) is 0 Å². The van der Waals surface area contributed by atoms with Crippen molar-refractivity contribution in [1.29, 1.82) is 0 Å². The van der Waals surface area contributed by atoms with Crippen molar-refractivity contribution in [2.75, 3.05) is 13.2 Å².